The molecule has 0 aliphatic carbocycles. The van der Waals surface area contributed by atoms with E-state index in [1.807, 2.05) is 38.1 Å². The standard InChI is InChI=1S/C29H22ClN5O5/c1-14(2)24-22-23(27(38)33(26(22)37)15-11-12-18(30)21(13-15)35(39)40)29(32-24)17-8-4-6-10-20(17)34-25(36)16-7-3-5-9-19(16)31-28(29)34/h3-14,22-24,32H,1-2H3/t22-,23-,24-,29-/m1/s1. The van der Waals surface area contributed by atoms with Crippen LogP contribution in [-0.2, 0) is 15.1 Å². The number of imide groups is 1. The first-order chi connectivity index (χ1) is 19.2. The van der Waals surface area contributed by atoms with Crippen LogP contribution >= 0.6 is 11.6 Å². The van der Waals surface area contributed by atoms with Gasteiger partial charge in [0.05, 0.1) is 39.0 Å². The van der Waals surface area contributed by atoms with Crippen molar-refractivity contribution in [3.8, 4) is 5.69 Å². The van der Waals surface area contributed by atoms with Crippen LogP contribution in [0.3, 0.4) is 0 Å². The molecule has 0 unspecified atom stereocenters. The highest BCUT2D eigenvalue weighted by Gasteiger charge is 2.70. The minimum absolute atomic E-state index is 0.0727. The van der Waals surface area contributed by atoms with Gasteiger partial charge in [-0.2, -0.15) is 0 Å². The summed E-state index contributed by atoms with van der Waals surface area (Å²) in [5.74, 6) is -2.46. The molecule has 1 aromatic heterocycles. The van der Waals surface area contributed by atoms with Gasteiger partial charge in [0.25, 0.3) is 11.2 Å². The van der Waals surface area contributed by atoms with E-state index in [1.54, 1.807) is 24.3 Å². The SMILES string of the molecule is CC(C)[C@H]1N[C@]2(c3ccccc3-n3c2nc2ccccc2c3=O)[C@H]2C(=O)N(c3ccc(Cl)c([N+](=O)[O-])c3)C(=O)[C@@H]12. The number of nitrogens with zero attached hydrogens (tertiary/aromatic N) is 4. The molecular formula is C29H22ClN5O5. The van der Waals surface area contributed by atoms with Gasteiger partial charge in [-0.3, -0.25) is 34.4 Å². The van der Waals surface area contributed by atoms with E-state index < -0.39 is 45.8 Å². The van der Waals surface area contributed by atoms with Crippen LogP contribution in [0.5, 0.6) is 0 Å². The maximum absolute atomic E-state index is 14.4. The number of anilines is 1. The van der Waals surface area contributed by atoms with Crippen molar-refractivity contribution < 1.29 is 14.5 Å². The van der Waals surface area contributed by atoms with Gasteiger partial charge in [0.15, 0.2) is 0 Å². The van der Waals surface area contributed by atoms with Gasteiger partial charge in [-0.25, -0.2) is 9.88 Å². The van der Waals surface area contributed by atoms with Gasteiger partial charge in [-0.1, -0.05) is 55.8 Å². The molecule has 3 aliphatic rings. The Bertz CT molecular complexity index is 1870. The number of aromatic nitrogens is 2. The summed E-state index contributed by atoms with van der Waals surface area (Å²) in [6.45, 7) is 3.92. The van der Waals surface area contributed by atoms with Gasteiger partial charge in [0, 0.05) is 17.7 Å². The monoisotopic (exact) mass is 555 g/mol. The molecule has 2 fully saturated rings. The van der Waals surface area contributed by atoms with Crippen LogP contribution in [0.4, 0.5) is 11.4 Å². The van der Waals surface area contributed by atoms with E-state index in [-0.39, 0.29) is 22.2 Å². The normalized spacial score (nSPS) is 24.7. The van der Waals surface area contributed by atoms with Gasteiger partial charge in [0.2, 0.25) is 11.8 Å². The fourth-order valence-electron chi connectivity index (χ4n) is 6.76. The number of carbonyl (C=O) groups is 2. The Morgan fingerprint density at radius 2 is 1.75 bits per heavy atom. The fourth-order valence-corrected chi connectivity index (χ4v) is 6.95. The quantitative estimate of drug-likeness (QED) is 0.230. The molecule has 1 spiro atoms. The summed E-state index contributed by atoms with van der Waals surface area (Å²) in [7, 11) is 0. The van der Waals surface area contributed by atoms with Crippen LogP contribution in [0.2, 0.25) is 5.02 Å². The molecule has 4 heterocycles. The highest BCUT2D eigenvalue weighted by molar-refractivity contribution is 6.33. The third-order valence-corrected chi connectivity index (χ3v) is 8.72. The second-order valence-electron chi connectivity index (χ2n) is 10.7. The van der Waals surface area contributed by atoms with Crippen LogP contribution in [0.1, 0.15) is 25.2 Å². The third-order valence-electron chi connectivity index (χ3n) is 8.40. The molecule has 0 radical (unpaired) electrons. The summed E-state index contributed by atoms with van der Waals surface area (Å²) in [6.07, 6.45) is 0. The summed E-state index contributed by atoms with van der Waals surface area (Å²) in [6, 6.07) is 17.8. The van der Waals surface area contributed by atoms with Gasteiger partial charge in [0.1, 0.15) is 16.4 Å². The maximum Gasteiger partial charge on any atom is 0.289 e. The Kier molecular flexibility index (Phi) is 5.11. The first-order valence-corrected chi connectivity index (χ1v) is 13.3. The number of nitro benzene ring substituents is 1. The number of hydrogen-bond acceptors (Lipinski definition) is 7. The lowest BCUT2D eigenvalue weighted by atomic mass is 9.75. The molecule has 11 heteroatoms. The van der Waals surface area contributed by atoms with Crippen molar-refractivity contribution in [1.29, 1.82) is 0 Å². The Morgan fingerprint density at radius 1 is 1.02 bits per heavy atom. The molecule has 4 atom stereocenters. The number of amides is 2. The molecule has 7 rings (SSSR count). The number of rotatable bonds is 3. The van der Waals surface area contributed by atoms with Crippen molar-refractivity contribution in [1.82, 2.24) is 14.9 Å². The van der Waals surface area contributed by atoms with E-state index in [0.717, 1.165) is 11.0 Å². The molecule has 40 heavy (non-hydrogen) atoms. The Balaban J connectivity index is 1.51. The third kappa shape index (κ3) is 2.97. The molecule has 0 bridgehead atoms. The highest BCUT2D eigenvalue weighted by atomic mass is 35.5. The van der Waals surface area contributed by atoms with E-state index in [1.165, 1.54) is 16.7 Å². The van der Waals surface area contributed by atoms with Crippen molar-refractivity contribution in [2.24, 2.45) is 17.8 Å². The molecular weight excluding hydrogens is 534 g/mol. The molecule has 2 saturated heterocycles. The number of hydrogen-bond donors (Lipinski definition) is 1. The molecule has 4 aromatic rings. The van der Waals surface area contributed by atoms with Gasteiger partial charge < -0.3 is 0 Å². The van der Waals surface area contributed by atoms with Gasteiger partial charge >= 0.3 is 0 Å². The zero-order chi connectivity index (χ0) is 28.1. The lowest BCUT2D eigenvalue weighted by Crippen LogP contribution is -2.51. The smallest absolute Gasteiger partial charge is 0.289 e. The molecule has 1 N–H and O–H groups in total. The molecule has 3 aliphatic heterocycles. The largest absolute Gasteiger partial charge is 0.296 e. The van der Waals surface area contributed by atoms with Crippen molar-refractivity contribution >= 4 is 45.7 Å². The summed E-state index contributed by atoms with van der Waals surface area (Å²) < 4.78 is 1.54. The van der Waals surface area contributed by atoms with Crippen molar-refractivity contribution in [2.45, 2.75) is 25.4 Å². The summed E-state index contributed by atoms with van der Waals surface area (Å²) >= 11 is 6.02. The van der Waals surface area contributed by atoms with Crippen LogP contribution < -0.4 is 15.8 Å². The van der Waals surface area contributed by atoms with E-state index in [2.05, 4.69) is 5.32 Å². The van der Waals surface area contributed by atoms with E-state index in [0.29, 0.717) is 28.0 Å². The van der Waals surface area contributed by atoms with Crippen LogP contribution in [0, 0.1) is 27.9 Å². The van der Waals surface area contributed by atoms with Crippen molar-refractivity contribution in [3.05, 3.63) is 104 Å². The van der Waals surface area contributed by atoms with Crippen LogP contribution in [0.15, 0.2) is 71.5 Å². The summed E-state index contributed by atoms with van der Waals surface area (Å²) in [5.41, 5.74) is -0.110. The topological polar surface area (TPSA) is 127 Å². The number of carbonyl (C=O) groups excluding carboxylic acids is 2. The number of benzene rings is 3. The highest BCUT2D eigenvalue weighted by Crippen LogP contribution is 2.56. The molecule has 10 nitrogen and oxygen atoms in total. The summed E-state index contributed by atoms with van der Waals surface area (Å²) in [4.78, 5) is 59.3. The Morgan fingerprint density at radius 3 is 2.50 bits per heavy atom. The number of fused-ring (bicyclic) bond motifs is 8. The van der Waals surface area contributed by atoms with Crippen molar-refractivity contribution in [2.75, 3.05) is 4.90 Å². The van der Waals surface area contributed by atoms with E-state index >= 15 is 0 Å². The predicted molar refractivity (Wildman–Crippen MR) is 147 cm³/mol. The lowest BCUT2D eigenvalue weighted by Gasteiger charge is -2.32. The van der Waals surface area contributed by atoms with Gasteiger partial charge in [-0.05, 0) is 36.2 Å². The average molecular weight is 556 g/mol. The number of para-hydroxylation sites is 2. The number of nitrogens with one attached hydrogen (secondary N) is 1. The Labute approximate surface area is 232 Å². The molecule has 2 amide bonds. The van der Waals surface area contributed by atoms with E-state index in [4.69, 9.17) is 16.6 Å². The fraction of sp³-hybridized carbons (Fsp3) is 0.241. The minimum atomic E-state index is -1.28. The van der Waals surface area contributed by atoms with Crippen molar-refractivity contribution in [3.63, 3.8) is 0 Å². The van der Waals surface area contributed by atoms with Gasteiger partial charge in [-0.15, -0.1) is 0 Å². The first kappa shape index (κ1) is 24.6. The second kappa shape index (κ2) is 8.30. The van der Waals surface area contributed by atoms with Crippen LogP contribution in [0.25, 0.3) is 16.6 Å². The molecule has 200 valence electrons. The molecule has 0 saturated carbocycles. The predicted octanol–water partition coefficient (Wildman–Crippen LogP) is 3.94. The van der Waals surface area contributed by atoms with Crippen LogP contribution in [-0.4, -0.2) is 32.3 Å². The minimum Gasteiger partial charge on any atom is -0.296 e. The Hall–Kier alpha value is -4.41. The zero-order valence-corrected chi connectivity index (χ0v) is 22.1. The van der Waals surface area contributed by atoms with E-state index in [9.17, 15) is 24.5 Å². The zero-order valence-electron chi connectivity index (χ0n) is 21.4. The number of nitro groups is 1. The summed E-state index contributed by atoms with van der Waals surface area (Å²) in [5, 5.41) is 15.6. The average Bonchev–Trinajstić information content (AvgIpc) is 3.53. The maximum atomic E-state index is 14.4. The molecule has 3 aromatic carbocycles. The second-order valence-corrected chi connectivity index (χ2v) is 11.1. The lowest BCUT2D eigenvalue weighted by molar-refractivity contribution is -0.384. The number of halogens is 1. The first-order valence-electron chi connectivity index (χ1n) is 12.9.